The fraction of sp³-hybridized carbons (Fsp3) is 0.318. The van der Waals surface area contributed by atoms with Crippen LogP contribution in [0.25, 0.3) is 16.7 Å². The largest absolute Gasteiger partial charge is 0.344 e. The van der Waals surface area contributed by atoms with E-state index in [4.69, 9.17) is 14.5 Å². The summed E-state index contributed by atoms with van der Waals surface area (Å²) in [5.41, 5.74) is 4.16. The number of carbonyl (C=O) groups excluding carboxylic acids is 1. The second-order valence-corrected chi connectivity index (χ2v) is 6.90. The van der Waals surface area contributed by atoms with Gasteiger partial charge in [-0.05, 0) is 22.3 Å². The number of Topliss-reactive ketones (excluding diaryl/α,β-unsaturated/α-hetero) is 1. The molecule has 1 spiro atoms. The van der Waals surface area contributed by atoms with Crippen molar-refractivity contribution in [1.82, 2.24) is 0 Å². The summed E-state index contributed by atoms with van der Waals surface area (Å²) in [6.45, 7) is 4.54. The van der Waals surface area contributed by atoms with Gasteiger partial charge in [0.15, 0.2) is 0 Å². The van der Waals surface area contributed by atoms with Crippen molar-refractivity contribution in [3.63, 3.8) is 0 Å². The van der Waals surface area contributed by atoms with E-state index in [2.05, 4.69) is 30.8 Å². The summed E-state index contributed by atoms with van der Waals surface area (Å²) in [5, 5.41) is 0. The van der Waals surface area contributed by atoms with Crippen LogP contribution in [0.4, 0.5) is 0 Å². The smallest absolute Gasteiger partial charge is 0.202 e. The zero-order valence-electron chi connectivity index (χ0n) is 14.6. The van der Waals surface area contributed by atoms with Gasteiger partial charge in [0.1, 0.15) is 11.9 Å². The zero-order chi connectivity index (χ0) is 18.0. The van der Waals surface area contributed by atoms with Crippen LogP contribution >= 0.6 is 0 Å². The van der Waals surface area contributed by atoms with Gasteiger partial charge in [-0.25, -0.2) is 9.78 Å². The average Bonchev–Trinajstić information content (AvgIpc) is 2.71. The van der Waals surface area contributed by atoms with Gasteiger partial charge in [0.25, 0.3) is 0 Å². The topological polar surface area (TPSA) is 44.8 Å². The molecule has 0 aromatic heterocycles. The summed E-state index contributed by atoms with van der Waals surface area (Å²) in [4.78, 5) is 22.6. The van der Waals surface area contributed by atoms with Crippen LogP contribution in [0.15, 0.2) is 61.2 Å². The van der Waals surface area contributed by atoms with Gasteiger partial charge in [0, 0.05) is 25.7 Å². The number of ketones is 1. The molecule has 1 heterocycles. The van der Waals surface area contributed by atoms with Crippen molar-refractivity contribution in [3.05, 3.63) is 66.7 Å². The van der Waals surface area contributed by atoms with E-state index in [-0.39, 0.29) is 11.9 Å². The summed E-state index contributed by atoms with van der Waals surface area (Å²) in [7, 11) is 0. The Morgan fingerprint density at radius 2 is 1.62 bits per heavy atom. The van der Waals surface area contributed by atoms with Crippen molar-refractivity contribution in [2.24, 2.45) is 0 Å². The highest BCUT2D eigenvalue weighted by Crippen LogP contribution is 2.37. The van der Waals surface area contributed by atoms with Crippen LogP contribution in [0.5, 0.6) is 0 Å². The van der Waals surface area contributed by atoms with Crippen LogP contribution in [-0.4, -0.2) is 24.3 Å². The lowest BCUT2D eigenvalue weighted by molar-refractivity contribution is -0.481. The Bertz CT molecular complexity index is 775. The maximum Gasteiger partial charge on any atom is 0.202 e. The third kappa shape index (κ3) is 3.49. The molecule has 134 valence electrons. The predicted molar refractivity (Wildman–Crippen MR) is 99.0 cm³/mol. The maximum atomic E-state index is 11.4. The number of hydrogen-bond acceptors (Lipinski definition) is 4. The van der Waals surface area contributed by atoms with E-state index in [1.807, 2.05) is 30.3 Å². The fourth-order valence-corrected chi connectivity index (χ4v) is 3.41. The average molecular weight is 350 g/mol. The van der Waals surface area contributed by atoms with E-state index >= 15 is 0 Å². The molecule has 1 unspecified atom stereocenters. The first-order chi connectivity index (χ1) is 12.7. The van der Waals surface area contributed by atoms with Crippen molar-refractivity contribution < 1.29 is 19.3 Å². The molecule has 2 aromatic rings. The number of carbonyl (C=O) groups is 1. The molecule has 26 heavy (non-hydrogen) atoms. The van der Waals surface area contributed by atoms with Crippen LogP contribution in [0.1, 0.15) is 31.2 Å². The molecule has 1 aliphatic heterocycles. The van der Waals surface area contributed by atoms with Gasteiger partial charge in [0.2, 0.25) is 5.79 Å². The van der Waals surface area contributed by atoms with Gasteiger partial charge in [-0.2, -0.15) is 0 Å². The van der Waals surface area contributed by atoms with E-state index in [1.54, 1.807) is 0 Å². The molecule has 0 N–H and O–H groups in total. The lowest BCUT2D eigenvalue weighted by Gasteiger charge is -2.40. The van der Waals surface area contributed by atoms with Gasteiger partial charge in [-0.15, -0.1) is 0 Å². The summed E-state index contributed by atoms with van der Waals surface area (Å²) >= 11 is 0. The standard InChI is InChI=1S/C22H22O4/c1-16(17-7-9-19(10-8-17)18-5-3-2-4-6-18)21-15-24-22(26-25-21)13-11-20(23)12-14-22/h2-10,21H,1,11-15H2. The Hall–Kier alpha value is -2.27. The molecular formula is C22H22O4. The van der Waals surface area contributed by atoms with Crippen molar-refractivity contribution in [2.75, 3.05) is 6.61 Å². The normalized spacial score (nSPS) is 22.3. The van der Waals surface area contributed by atoms with Crippen LogP contribution in [0, 0.1) is 0 Å². The van der Waals surface area contributed by atoms with Crippen molar-refractivity contribution in [1.29, 1.82) is 0 Å². The molecule has 0 amide bonds. The minimum Gasteiger partial charge on any atom is -0.344 e. The molecule has 2 fully saturated rings. The van der Waals surface area contributed by atoms with Gasteiger partial charge < -0.3 is 4.74 Å². The second kappa shape index (κ2) is 7.16. The Morgan fingerprint density at radius 3 is 2.23 bits per heavy atom. The van der Waals surface area contributed by atoms with Crippen LogP contribution in [0.3, 0.4) is 0 Å². The molecule has 1 atom stereocenters. The first-order valence-electron chi connectivity index (χ1n) is 9.00. The monoisotopic (exact) mass is 350 g/mol. The quantitative estimate of drug-likeness (QED) is 0.762. The molecule has 4 nitrogen and oxygen atoms in total. The van der Waals surface area contributed by atoms with E-state index in [1.165, 1.54) is 5.56 Å². The van der Waals surface area contributed by atoms with Gasteiger partial charge in [-0.3, -0.25) is 4.79 Å². The van der Waals surface area contributed by atoms with Crippen LogP contribution < -0.4 is 0 Å². The third-order valence-electron chi connectivity index (χ3n) is 5.13. The fourth-order valence-electron chi connectivity index (χ4n) is 3.41. The minimum absolute atomic E-state index is 0.257. The van der Waals surface area contributed by atoms with Crippen molar-refractivity contribution >= 4 is 11.4 Å². The van der Waals surface area contributed by atoms with Crippen LogP contribution in [-0.2, 0) is 19.3 Å². The highest BCUT2D eigenvalue weighted by Gasteiger charge is 2.43. The van der Waals surface area contributed by atoms with Gasteiger partial charge in [-0.1, -0.05) is 61.2 Å². The van der Waals surface area contributed by atoms with Gasteiger partial charge in [0.05, 0.1) is 6.61 Å². The summed E-state index contributed by atoms with van der Waals surface area (Å²) in [5.74, 6) is -0.505. The summed E-state index contributed by atoms with van der Waals surface area (Å²) in [6.07, 6.45) is 1.72. The molecule has 1 aliphatic carbocycles. The summed E-state index contributed by atoms with van der Waals surface area (Å²) in [6, 6.07) is 18.5. The lowest BCUT2D eigenvalue weighted by atomic mass is 9.92. The van der Waals surface area contributed by atoms with Crippen molar-refractivity contribution in [2.45, 2.75) is 37.6 Å². The molecule has 2 aromatic carbocycles. The Kier molecular flexibility index (Phi) is 4.72. The molecule has 0 bridgehead atoms. The lowest BCUT2D eigenvalue weighted by Crippen LogP contribution is -2.47. The molecule has 1 saturated heterocycles. The molecule has 4 rings (SSSR count). The number of rotatable bonds is 3. The molecule has 0 radical (unpaired) electrons. The van der Waals surface area contributed by atoms with E-state index in [9.17, 15) is 4.79 Å². The number of benzene rings is 2. The van der Waals surface area contributed by atoms with Crippen molar-refractivity contribution in [3.8, 4) is 11.1 Å². The van der Waals surface area contributed by atoms with E-state index in [0.29, 0.717) is 32.3 Å². The second-order valence-electron chi connectivity index (χ2n) is 6.90. The zero-order valence-corrected chi connectivity index (χ0v) is 14.6. The highest BCUT2D eigenvalue weighted by atomic mass is 17.2. The highest BCUT2D eigenvalue weighted by molar-refractivity contribution is 5.79. The van der Waals surface area contributed by atoms with Gasteiger partial charge >= 0.3 is 0 Å². The Balaban J connectivity index is 1.40. The first-order valence-corrected chi connectivity index (χ1v) is 9.00. The number of hydrogen-bond donors (Lipinski definition) is 0. The third-order valence-corrected chi connectivity index (χ3v) is 5.13. The van der Waals surface area contributed by atoms with Crippen LogP contribution in [0.2, 0.25) is 0 Å². The first kappa shape index (κ1) is 17.2. The predicted octanol–water partition coefficient (Wildman–Crippen LogP) is 4.55. The summed E-state index contributed by atoms with van der Waals surface area (Å²) < 4.78 is 5.94. The Morgan fingerprint density at radius 1 is 0.962 bits per heavy atom. The minimum atomic E-state index is -0.762. The Labute approximate surface area is 153 Å². The van der Waals surface area contributed by atoms with E-state index in [0.717, 1.165) is 16.7 Å². The number of ether oxygens (including phenoxy) is 1. The molecule has 4 heteroatoms. The molecule has 2 aliphatic rings. The van der Waals surface area contributed by atoms with E-state index < -0.39 is 5.79 Å². The molecular weight excluding hydrogens is 328 g/mol. The molecule has 1 saturated carbocycles. The SMILES string of the molecule is C=C(c1ccc(-c2ccccc2)cc1)C1COC2(CCC(=O)CC2)OO1. The maximum absolute atomic E-state index is 11.4.